The highest BCUT2D eigenvalue weighted by atomic mass is 16.5. The number of nitrogens with one attached hydrogen (secondary N) is 2. The fourth-order valence-electron chi connectivity index (χ4n) is 4.64. The Hall–Kier alpha value is -4.07. The Morgan fingerprint density at radius 1 is 1.00 bits per heavy atom. The van der Waals surface area contributed by atoms with Crippen molar-refractivity contribution in [3.63, 3.8) is 0 Å². The number of anilines is 1. The Morgan fingerprint density at radius 3 is 2.62 bits per heavy atom. The molecule has 0 saturated carbocycles. The van der Waals surface area contributed by atoms with E-state index in [1.807, 2.05) is 36.4 Å². The summed E-state index contributed by atoms with van der Waals surface area (Å²) in [4.78, 5) is 38.1. The molecule has 34 heavy (non-hydrogen) atoms. The number of carbonyl (C=O) groups is 3. The van der Waals surface area contributed by atoms with Gasteiger partial charge in [0.15, 0.2) is 0 Å². The third kappa shape index (κ3) is 3.91. The van der Waals surface area contributed by atoms with E-state index in [0.717, 1.165) is 39.1 Å². The van der Waals surface area contributed by atoms with E-state index in [1.54, 1.807) is 25.2 Å². The Balaban J connectivity index is 1.34. The fourth-order valence-corrected chi connectivity index (χ4v) is 4.64. The molecule has 2 heterocycles. The minimum Gasteiger partial charge on any atom is -0.497 e. The molecule has 3 aromatic carbocycles. The van der Waals surface area contributed by atoms with Crippen LogP contribution in [0.3, 0.4) is 0 Å². The molecule has 2 aliphatic heterocycles. The number of hydrogen-bond donors (Lipinski definition) is 2. The number of methoxy groups -OCH3 is 2. The highest BCUT2D eigenvalue weighted by Crippen LogP contribution is 2.31. The van der Waals surface area contributed by atoms with Gasteiger partial charge in [0, 0.05) is 36.3 Å². The molecule has 2 aliphatic rings. The molecule has 8 nitrogen and oxygen atoms in total. The number of ether oxygens (including phenoxy) is 2. The molecule has 1 saturated heterocycles. The number of imide groups is 1. The maximum Gasteiger partial charge on any atom is 0.255 e. The van der Waals surface area contributed by atoms with Crippen molar-refractivity contribution in [1.29, 1.82) is 0 Å². The highest BCUT2D eigenvalue weighted by molar-refractivity contribution is 6.05. The first kappa shape index (κ1) is 21.8. The normalized spacial score (nSPS) is 17.5. The molecule has 3 aromatic rings. The van der Waals surface area contributed by atoms with Crippen molar-refractivity contribution in [1.82, 2.24) is 10.2 Å². The maximum absolute atomic E-state index is 12.9. The van der Waals surface area contributed by atoms with Gasteiger partial charge in [0.2, 0.25) is 11.8 Å². The Morgan fingerprint density at radius 2 is 1.85 bits per heavy atom. The Labute approximate surface area is 196 Å². The molecule has 0 aromatic heterocycles. The lowest BCUT2D eigenvalue weighted by Gasteiger charge is -2.29. The van der Waals surface area contributed by atoms with Crippen molar-refractivity contribution < 1.29 is 23.9 Å². The maximum atomic E-state index is 12.9. The van der Waals surface area contributed by atoms with Gasteiger partial charge in [-0.15, -0.1) is 0 Å². The zero-order valence-electron chi connectivity index (χ0n) is 19.0. The second-order valence-corrected chi connectivity index (χ2v) is 8.50. The number of fused-ring (bicyclic) bond motifs is 2. The summed E-state index contributed by atoms with van der Waals surface area (Å²) in [5.41, 5.74) is 3.30. The van der Waals surface area contributed by atoms with Crippen LogP contribution < -0.4 is 20.1 Å². The van der Waals surface area contributed by atoms with Gasteiger partial charge in [0.1, 0.15) is 17.5 Å². The van der Waals surface area contributed by atoms with Crippen LogP contribution >= 0.6 is 0 Å². The molecule has 5 rings (SSSR count). The molecule has 0 bridgehead atoms. The van der Waals surface area contributed by atoms with Crippen LogP contribution in [0.4, 0.5) is 5.69 Å². The van der Waals surface area contributed by atoms with Crippen LogP contribution in [-0.2, 0) is 22.7 Å². The van der Waals surface area contributed by atoms with E-state index in [1.165, 1.54) is 0 Å². The molecule has 2 N–H and O–H groups in total. The average molecular weight is 460 g/mol. The number of carbonyl (C=O) groups excluding carboxylic acids is 3. The van der Waals surface area contributed by atoms with Crippen molar-refractivity contribution in [3.05, 3.63) is 65.2 Å². The van der Waals surface area contributed by atoms with E-state index in [-0.39, 0.29) is 18.2 Å². The summed E-state index contributed by atoms with van der Waals surface area (Å²) in [5.74, 6) is 0.697. The fraction of sp³-hybridized carbons (Fsp3) is 0.269. The predicted octanol–water partition coefficient (Wildman–Crippen LogP) is 3.23. The zero-order valence-corrected chi connectivity index (χ0v) is 19.0. The summed E-state index contributed by atoms with van der Waals surface area (Å²) in [6, 6.07) is 15.0. The van der Waals surface area contributed by atoms with Crippen molar-refractivity contribution in [2.75, 3.05) is 19.5 Å². The first-order valence-corrected chi connectivity index (χ1v) is 11.1. The number of piperidine rings is 1. The topological polar surface area (TPSA) is 97.0 Å². The first-order chi connectivity index (χ1) is 16.5. The lowest BCUT2D eigenvalue weighted by atomic mass is 10.0. The van der Waals surface area contributed by atoms with Crippen LogP contribution in [0.2, 0.25) is 0 Å². The Bertz CT molecular complexity index is 1320. The molecule has 1 unspecified atom stereocenters. The van der Waals surface area contributed by atoms with Crippen LogP contribution in [0.25, 0.3) is 10.8 Å². The highest BCUT2D eigenvalue weighted by Gasteiger charge is 2.39. The van der Waals surface area contributed by atoms with Gasteiger partial charge in [-0.05, 0) is 65.2 Å². The number of benzene rings is 3. The second-order valence-electron chi connectivity index (χ2n) is 8.50. The lowest BCUT2D eigenvalue weighted by molar-refractivity contribution is -0.136. The summed E-state index contributed by atoms with van der Waals surface area (Å²) < 4.78 is 10.9. The lowest BCUT2D eigenvalue weighted by Crippen LogP contribution is -2.52. The molecule has 1 atom stereocenters. The first-order valence-electron chi connectivity index (χ1n) is 11.1. The predicted molar refractivity (Wildman–Crippen MR) is 127 cm³/mol. The van der Waals surface area contributed by atoms with Gasteiger partial charge < -0.3 is 19.7 Å². The minimum atomic E-state index is -0.618. The van der Waals surface area contributed by atoms with E-state index in [0.29, 0.717) is 25.1 Å². The van der Waals surface area contributed by atoms with Gasteiger partial charge in [-0.2, -0.15) is 0 Å². The van der Waals surface area contributed by atoms with E-state index in [9.17, 15) is 14.4 Å². The van der Waals surface area contributed by atoms with E-state index < -0.39 is 11.9 Å². The van der Waals surface area contributed by atoms with Crippen LogP contribution in [0, 0.1) is 0 Å². The van der Waals surface area contributed by atoms with Gasteiger partial charge in [-0.25, -0.2) is 0 Å². The molecule has 0 aliphatic carbocycles. The summed E-state index contributed by atoms with van der Waals surface area (Å²) in [7, 11) is 3.30. The van der Waals surface area contributed by atoms with E-state index >= 15 is 0 Å². The van der Waals surface area contributed by atoms with Crippen molar-refractivity contribution in [3.8, 4) is 11.5 Å². The van der Waals surface area contributed by atoms with Crippen LogP contribution in [-0.4, -0.2) is 42.9 Å². The molecule has 8 heteroatoms. The van der Waals surface area contributed by atoms with Gasteiger partial charge >= 0.3 is 0 Å². The molecular formula is C26H25N3O5. The summed E-state index contributed by atoms with van der Waals surface area (Å²) in [5, 5.41) is 7.86. The number of rotatable bonds is 6. The number of hydrogen-bond acceptors (Lipinski definition) is 6. The molecule has 0 radical (unpaired) electrons. The van der Waals surface area contributed by atoms with Crippen LogP contribution in [0.1, 0.15) is 34.3 Å². The van der Waals surface area contributed by atoms with E-state index in [2.05, 4.69) is 16.7 Å². The SMILES string of the molecule is COc1ccc2cc(OC)c(CNc3ccc4c(c3)CN(C3CCC(=O)NC3=O)C4=O)cc2c1. The van der Waals surface area contributed by atoms with Crippen molar-refractivity contribution in [2.45, 2.75) is 32.0 Å². The Kier molecular flexibility index (Phi) is 5.57. The van der Waals surface area contributed by atoms with Crippen LogP contribution in [0.15, 0.2) is 48.5 Å². The van der Waals surface area contributed by atoms with Gasteiger partial charge in [0.05, 0.1) is 14.2 Å². The third-order valence-corrected chi connectivity index (χ3v) is 6.45. The monoisotopic (exact) mass is 459 g/mol. The number of amides is 3. The summed E-state index contributed by atoms with van der Waals surface area (Å²) in [6.07, 6.45) is 0.588. The quantitative estimate of drug-likeness (QED) is 0.550. The molecular weight excluding hydrogens is 434 g/mol. The standard InChI is InChI=1S/C26H25N3O5/c1-33-20-5-3-15-12-23(34-2)17(9-16(15)11-20)13-27-19-4-6-21-18(10-19)14-29(26(21)32)22-7-8-24(30)28-25(22)31/h3-6,9-12,22,27H,7-8,13-14H2,1-2H3,(H,28,30,31). The number of nitrogens with zero attached hydrogens (tertiary/aromatic N) is 1. The van der Waals surface area contributed by atoms with Crippen molar-refractivity contribution in [2.24, 2.45) is 0 Å². The van der Waals surface area contributed by atoms with Gasteiger partial charge in [-0.1, -0.05) is 6.07 Å². The zero-order chi connectivity index (χ0) is 23.8. The van der Waals surface area contributed by atoms with E-state index in [4.69, 9.17) is 9.47 Å². The van der Waals surface area contributed by atoms with Gasteiger partial charge in [0.25, 0.3) is 5.91 Å². The minimum absolute atomic E-state index is 0.179. The smallest absolute Gasteiger partial charge is 0.255 e. The average Bonchev–Trinajstić information content (AvgIpc) is 3.17. The molecule has 3 amide bonds. The molecule has 0 spiro atoms. The molecule has 174 valence electrons. The van der Waals surface area contributed by atoms with Gasteiger partial charge in [-0.3, -0.25) is 19.7 Å². The van der Waals surface area contributed by atoms with Crippen molar-refractivity contribution >= 4 is 34.2 Å². The largest absolute Gasteiger partial charge is 0.497 e. The summed E-state index contributed by atoms with van der Waals surface area (Å²) in [6.45, 7) is 0.870. The molecule has 1 fully saturated rings. The third-order valence-electron chi connectivity index (χ3n) is 6.45. The van der Waals surface area contributed by atoms with Crippen LogP contribution in [0.5, 0.6) is 11.5 Å². The summed E-state index contributed by atoms with van der Waals surface area (Å²) >= 11 is 0. The second kappa shape index (κ2) is 8.70.